The summed E-state index contributed by atoms with van der Waals surface area (Å²) in [5, 5.41) is 12.7. The van der Waals surface area contributed by atoms with Crippen LogP contribution in [0, 0.1) is 18.3 Å². The van der Waals surface area contributed by atoms with Crippen LogP contribution in [0.4, 0.5) is 0 Å². The van der Waals surface area contributed by atoms with Gasteiger partial charge < -0.3 is 0 Å². The molecule has 0 spiro atoms. The zero-order valence-electron chi connectivity index (χ0n) is 9.29. The Morgan fingerprint density at radius 3 is 2.88 bits per heavy atom. The molecule has 0 saturated heterocycles. The Morgan fingerprint density at radius 2 is 2.35 bits per heavy atom. The Labute approximate surface area is 98.3 Å². The van der Waals surface area contributed by atoms with E-state index in [2.05, 4.69) is 16.2 Å². The summed E-state index contributed by atoms with van der Waals surface area (Å²) in [4.78, 5) is 14.9. The molecule has 0 aliphatic rings. The monoisotopic (exact) mass is 226 g/mol. The van der Waals surface area contributed by atoms with Crippen molar-refractivity contribution in [3.05, 3.63) is 41.3 Å². The second kappa shape index (κ2) is 4.58. The first kappa shape index (κ1) is 11.0. The maximum absolute atomic E-state index is 10.7. The van der Waals surface area contributed by atoms with Crippen molar-refractivity contribution < 1.29 is 4.79 Å². The number of aldehydes is 1. The lowest BCUT2D eigenvalue weighted by Gasteiger charge is -2.00. The molecule has 0 aliphatic carbocycles. The third-order valence-corrected chi connectivity index (χ3v) is 2.39. The van der Waals surface area contributed by atoms with E-state index in [0.717, 1.165) is 11.8 Å². The van der Waals surface area contributed by atoms with Gasteiger partial charge in [-0.15, -0.1) is 0 Å². The molecule has 2 aromatic heterocycles. The van der Waals surface area contributed by atoms with Gasteiger partial charge in [0.15, 0.2) is 12.1 Å². The van der Waals surface area contributed by atoms with Crippen LogP contribution in [0.25, 0.3) is 5.82 Å². The van der Waals surface area contributed by atoms with Crippen molar-refractivity contribution in [1.29, 1.82) is 5.26 Å². The number of pyridine rings is 1. The first-order valence-corrected chi connectivity index (χ1v) is 5.08. The Hall–Kier alpha value is -2.48. The normalized spacial score (nSPS) is 9.88. The average Bonchev–Trinajstić information content (AvgIpc) is 2.72. The van der Waals surface area contributed by atoms with Crippen LogP contribution in [0.3, 0.4) is 0 Å². The quantitative estimate of drug-likeness (QED) is 0.742. The summed E-state index contributed by atoms with van der Waals surface area (Å²) in [5.74, 6) is 0.628. The van der Waals surface area contributed by atoms with Crippen LogP contribution in [0.15, 0.2) is 24.5 Å². The molecule has 0 N–H and O–H groups in total. The predicted molar refractivity (Wildman–Crippen MR) is 60.8 cm³/mol. The lowest BCUT2D eigenvalue weighted by atomic mass is 10.2. The van der Waals surface area contributed by atoms with Crippen LogP contribution in [0.1, 0.15) is 21.6 Å². The van der Waals surface area contributed by atoms with Gasteiger partial charge in [0.1, 0.15) is 0 Å². The Kier molecular flexibility index (Phi) is 2.97. The molecule has 0 aromatic carbocycles. The Balaban J connectivity index is 2.33. The summed E-state index contributed by atoms with van der Waals surface area (Å²) in [7, 11) is 0. The van der Waals surface area contributed by atoms with E-state index in [0.29, 0.717) is 23.5 Å². The lowest BCUT2D eigenvalue weighted by Crippen LogP contribution is -1.98. The molecule has 0 atom stereocenters. The smallest absolute Gasteiger partial charge is 0.153 e. The SMILES string of the molecule is Cc1nn(-c2ccc(CC#N)cn2)cc1C=O. The molecule has 84 valence electrons. The topological polar surface area (TPSA) is 71.6 Å². The molecule has 0 bridgehead atoms. The molecule has 0 saturated carbocycles. The Bertz CT molecular complexity index is 578. The predicted octanol–water partition coefficient (Wildman–Crippen LogP) is 1.45. The first-order valence-electron chi connectivity index (χ1n) is 5.08. The van der Waals surface area contributed by atoms with Crippen molar-refractivity contribution in [3.8, 4) is 11.9 Å². The fourth-order valence-electron chi connectivity index (χ4n) is 1.45. The van der Waals surface area contributed by atoms with Gasteiger partial charge >= 0.3 is 0 Å². The highest BCUT2D eigenvalue weighted by atomic mass is 16.1. The van der Waals surface area contributed by atoms with Crippen LogP contribution < -0.4 is 0 Å². The van der Waals surface area contributed by atoms with Crippen molar-refractivity contribution in [3.63, 3.8) is 0 Å². The molecule has 0 aliphatic heterocycles. The summed E-state index contributed by atoms with van der Waals surface area (Å²) in [5.41, 5.74) is 2.08. The van der Waals surface area contributed by atoms with Crippen molar-refractivity contribution in [2.75, 3.05) is 0 Å². The molecule has 0 fully saturated rings. The number of nitrogens with zero attached hydrogens (tertiary/aromatic N) is 4. The first-order chi connectivity index (χ1) is 8.24. The molecule has 0 radical (unpaired) electrons. The van der Waals surface area contributed by atoms with Gasteiger partial charge in [-0.3, -0.25) is 4.79 Å². The summed E-state index contributed by atoms with van der Waals surface area (Å²) in [6.45, 7) is 1.77. The second-order valence-electron chi connectivity index (χ2n) is 3.59. The summed E-state index contributed by atoms with van der Waals surface area (Å²) in [6, 6.07) is 5.65. The van der Waals surface area contributed by atoms with Crippen molar-refractivity contribution in [2.45, 2.75) is 13.3 Å². The van der Waals surface area contributed by atoms with Gasteiger partial charge in [0.25, 0.3) is 0 Å². The number of carbonyl (C=O) groups is 1. The minimum absolute atomic E-state index is 0.338. The zero-order chi connectivity index (χ0) is 12.3. The van der Waals surface area contributed by atoms with Gasteiger partial charge in [0.2, 0.25) is 0 Å². The standard InChI is InChI=1S/C12H10N4O/c1-9-11(8-17)7-16(15-9)12-3-2-10(4-5-13)6-14-12/h2-3,6-8H,4H2,1H3. The van der Waals surface area contributed by atoms with Crippen LogP contribution in [0.5, 0.6) is 0 Å². The molecule has 0 amide bonds. The number of nitriles is 1. The van der Waals surface area contributed by atoms with Gasteiger partial charge in [0.05, 0.1) is 23.7 Å². The zero-order valence-corrected chi connectivity index (χ0v) is 9.29. The largest absolute Gasteiger partial charge is 0.298 e. The third kappa shape index (κ3) is 2.21. The number of aromatic nitrogens is 3. The summed E-state index contributed by atoms with van der Waals surface area (Å²) >= 11 is 0. The van der Waals surface area contributed by atoms with Gasteiger partial charge in [-0.05, 0) is 18.6 Å². The molecule has 5 nitrogen and oxygen atoms in total. The molecular formula is C12H10N4O. The van der Waals surface area contributed by atoms with Crippen LogP contribution in [-0.4, -0.2) is 21.1 Å². The number of carbonyl (C=O) groups excluding carboxylic acids is 1. The lowest BCUT2D eigenvalue weighted by molar-refractivity contribution is 0.112. The minimum atomic E-state index is 0.338. The maximum atomic E-state index is 10.7. The van der Waals surface area contributed by atoms with Gasteiger partial charge in [-0.1, -0.05) is 6.07 Å². The van der Waals surface area contributed by atoms with Crippen LogP contribution in [0.2, 0.25) is 0 Å². The second-order valence-corrected chi connectivity index (χ2v) is 3.59. The molecule has 2 aromatic rings. The van der Waals surface area contributed by atoms with Crippen molar-refractivity contribution in [2.24, 2.45) is 0 Å². The Morgan fingerprint density at radius 1 is 1.53 bits per heavy atom. The highest BCUT2D eigenvalue weighted by Crippen LogP contribution is 2.09. The van der Waals surface area contributed by atoms with Crippen LogP contribution >= 0.6 is 0 Å². The molecule has 2 heterocycles. The van der Waals surface area contributed by atoms with E-state index in [9.17, 15) is 4.79 Å². The maximum Gasteiger partial charge on any atom is 0.153 e. The van der Waals surface area contributed by atoms with E-state index < -0.39 is 0 Å². The van der Waals surface area contributed by atoms with E-state index in [1.54, 1.807) is 30.1 Å². The fourth-order valence-corrected chi connectivity index (χ4v) is 1.45. The van der Waals surface area contributed by atoms with E-state index in [1.165, 1.54) is 0 Å². The van der Waals surface area contributed by atoms with E-state index in [-0.39, 0.29) is 0 Å². The molecular weight excluding hydrogens is 216 g/mol. The summed E-state index contributed by atoms with van der Waals surface area (Å²) in [6.07, 6.45) is 4.37. The molecule has 5 heteroatoms. The number of hydrogen-bond donors (Lipinski definition) is 0. The number of rotatable bonds is 3. The third-order valence-electron chi connectivity index (χ3n) is 2.39. The van der Waals surface area contributed by atoms with Gasteiger partial charge in [-0.25, -0.2) is 9.67 Å². The van der Waals surface area contributed by atoms with Crippen molar-refractivity contribution >= 4 is 6.29 Å². The number of aryl methyl sites for hydroxylation is 1. The molecule has 17 heavy (non-hydrogen) atoms. The molecule has 2 rings (SSSR count). The van der Waals surface area contributed by atoms with Gasteiger partial charge in [0, 0.05) is 12.4 Å². The highest BCUT2D eigenvalue weighted by molar-refractivity contribution is 5.75. The van der Waals surface area contributed by atoms with E-state index in [4.69, 9.17) is 5.26 Å². The fraction of sp³-hybridized carbons (Fsp3) is 0.167. The average molecular weight is 226 g/mol. The number of hydrogen-bond acceptors (Lipinski definition) is 4. The van der Waals surface area contributed by atoms with E-state index >= 15 is 0 Å². The highest BCUT2D eigenvalue weighted by Gasteiger charge is 2.05. The van der Waals surface area contributed by atoms with Crippen molar-refractivity contribution in [1.82, 2.24) is 14.8 Å². The van der Waals surface area contributed by atoms with Gasteiger partial charge in [-0.2, -0.15) is 10.4 Å². The van der Waals surface area contributed by atoms with Crippen LogP contribution in [-0.2, 0) is 6.42 Å². The minimum Gasteiger partial charge on any atom is -0.298 e. The molecule has 0 unspecified atom stereocenters. The van der Waals surface area contributed by atoms with E-state index in [1.807, 2.05) is 6.07 Å². The summed E-state index contributed by atoms with van der Waals surface area (Å²) < 4.78 is 1.55.